The van der Waals surface area contributed by atoms with Gasteiger partial charge in [-0.3, -0.25) is 13.9 Å². The van der Waals surface area contributed by atoms with Crippen LogP contribution in [-0.2, 0) is 32.6 Å². The molecule has 0 heterocycles. The summed E-state index contributed by atoms with van der Waals surface area (Å²) in [5, 5.41) is 3.57. The van der Waals surface area contributed by atoms with Crippen molar-refractivity contribution in [1.29, 1.82) is 0 Å². The molecule has 43 heavy (non-hydrogen) atoms. The van der Waals surface area contributed by atoms with Crippen LogP contribution in [0.4, 0.5) is 5.69 Å². The highest BCUT2D eigenvalue weighted by molar-refractivity contribution is 7.92. The van der Waals surface area contributed by atoms with Gasteiger partial charge in [-0.1, -0.05) is 95.0 Å². The molecular formula is C32H30Cl3N3O4S. The van der Waals surface area contributed by atoms with E-state index in [4.69, 9.17) is 34.8 Å². The van der Waals surface area contributed by atoms with E-state index in [1.54, 1.807) is 36.4 Å². The molecule has 0 bridgehead atoms. The van der Waals surface area contributed by atoms with Crippen molar-refractivity contribution in [2.75, 3.05) is 17.9 Å². The molecular weight excluding hydrogens is 629 g/mol. The van der Waals surface area contributed by atoms with Crippen molar-refractivity contribution in [3.63, 3.8) is 0 Å². The van der Waals surface area contributed by atoms with Crippen molar-refractivity contribution in [2.45, 2.75) is 30.8 Å². The Bertz CT molecular complexity index is 1660. The first-order chi connectivity index (χ1) is 20.5. The van der Waals surface area contributed by atoms with E-state index in [0.717, 1.165) is 15.4 Å². The van der Waals surface area contributed by atoms with Gasteiger partial charge in [0.15, 0.2) is 0 Å². The summed E-state index contributed by atoms with van der Waals surface area (Å²) in [5.41, 5.74) is 2.52. The highest BCUT2D eigenvalue weighted by atomic mass is 35.5. The van der Waals surface area contributed by atoms with Gasteiger partial charge in [0.25, 0.3) is 10.0 Å². The van der Waals surface area contributed by atoms with Gasteiger partial charge in [-0.2, -0.15) is 0 Å². The van der Waals surface area contributed by atoms with Crippen LogP contribution < -0.4 is 9.62 Å². The SMILES string of the molecule is CNC(=O)[C@@H](Cc1ccccc1)N(Cc1ccc(Cl)cc1)C(=O)CN(c1cc(Cl)cc(Cl)c1)S(=O)(=O)c1ccc(C)cc1. The number of halogens is 3. The van der Waals surface area contributed by atoms with Crippen LogP contribution in [0.1, 0.15) is 16.7 Å². The number of hydrogen-bond donors (Lipinski definition) is 1. The third-order valence-electron chi connectivity index (χ3n) is 6.81. The van der Waals surface area contributed by atoms with Gasteiger partial charge in [-0.25, -0.2) is 8.42 Å². The molecule has 0 saturated heterocycles. The zero-order valence-electron chi connectivity index (χ0n) is 23.5. The maximum atomic E-state index is 14.3. The summed E-state index contributed by atoms with van der Waals surface area (Å²) < 4.78 is 29.1. The van der Waals surface area contributed by atoms with Crippen LogP contribution >= 0.6 is 34.8 Å². The molecule has 0 radical (unpaired) electrons. The standard InChI is InChI=1S/C32H30Cl3N3O4S/c1-22-8-14-29(15-9-22)43(41,42)38(28-18-26(34)17-27(35)19-28)21-31(39)37(20-24-10-12-25(33)13-11-24)30(32(40)36-2)16-23-6-4-3-5-7-23/h3-15,17-19,30H,16,20-21H2,1-2H3,(H,36,40)/t30-/m1/s1. The van der Waals surface area contributed by atoms with Gasteiger partial charge in [0.2, 0.25) is 11.8 Å². The molecule has 0 fully saturated rings. The second kappa shape index (κ2) is 14.3. The number of aryl methyl sites for hydroxylation is 1. The third-order valence-corrected chi connectivity index (χ3v) is 9.28. The van der Waals surface area contributed by atoms with Gasteiger partial charge >= 0.3 is 0 Å². The number of nitrogens with one attached hydrogen (secondary N) is 1. The molecule has 0 aliphatic rings. The minimum Gasteiger partial charge on any atom is -0.357 e. The first-order valence-electron chi connectivity index (χ1n) is 13.3. The first-order valence-corrected chi connectivity index (χ1v) is 15.9. The number of anilines is 1. The van der Waals surface area contributed by atoms with Gasteiger partial charge in [-0.05, 0) is 60.5 Å². The topological polar surface area (TPSA) is 86.8 Å². The van der Waals surface area contributed by atoms with Crippen LogP contribution in [0.15, 0.2) is 102 Å². The van der Waals surface area contributed by atoms with Gasteiger partial charge < -0.3 is 10.2 Å². The number of rotatable bonds is 11. The number of likely N-dealkylation sites (N-methyl/N-ethyl adjacent to an activating group) is 1. The highest BCUT2D eigenvalue weighted by Gasteiger charge is 2.34. The largest absolute Gasteiger partial charge is 0.357 e. The van der Waals surface area contributed by atoms with E-state index in [-0.39, 0.29) is 33.6 Å². The van der Waals surface area contributed by atoms with E-state index >= 15 is 0 Å². The smallest absolute Gasteiger partial charge is 0.264 e. The van der Waals surface area contributed by atoms with Crippen molar-refractivity contribution in [3.05, 3.63) is 129 Å². The summed E-state index contributed by atoms with van der Waals surface area (Å²) in [6.45, 7) is 1.24. The Morgan fingerprint density at radius 1 is 0.791 bits per heavy atom. The maximum Gasteiger partial charge on any atom is 0.264 e. The fourth-order valence-electron chi connectivity index (χ4n) is 4.56. The molecule has 0 spiro atoms. The quantitative estimate of drug-likeness (QED) is 0.198. The molecule has 0 aliphatic carbocycles. The Labute approximate surface area is 267 Å². The molecule has 224 valence electrons. The molecule has 4 aromatic rings. The van der Waals surface area contributed by atoms with E-state index in [0.29, 0.717) is 10.6 Å². The van der Waals surface area contributed by atoms with Gasteiger partial charge in [0, 0.05) is 35.1 Å². The van der Waals surface area contributed by atoms with E-state index in [1.807, 2.05) is 37.3 Å². The Morgan fingerprint density at radius 2 is 1.40 bits per heavy atom. The summed E-state index contributed by atoms with van der Waals surface area (Å²) in [7, 11) is -2.78. The lowest BCUT2D eigenvalue weighted by Crippen LogP contribution is -2.53. The van der Waals surface area contributed by atoms with Crippen molar-refractivity contribution < 1.29 is 18.0 Å². The first kappa shape index (κ1) is 32.4. The average Bonchev–Trinajstić information content (AvgIpc) is 2.98. The van der Waals surface area contributed by atoms with Crippen molar-refractivity contribution in [2.24, 2.45) is 0 Å². The van der Waals surface area contributed by atoms with Crippen LogP contribution in [0.3, 0.4) is 0 Å². The zero-order chi connectivity index (χ0) is 31.1. The number of nitrogens with zero attached hydrogens (tertiary/aromatic N) is 2. The molecule has 1 atom stereocenters. The molecule has 0 unspecified atom stereocenters. The molecule has 4 rings (SSSR count). The van der Waals surface area contributed by atoms with Gasteiger partial charge in [0.1, 0.15) is 12.6 Å². The van der Waals surface area contributed by atoms with Crippen molar-refractivity contribution in [3.8, 4) is 0 Å². The van der Waals surface area contributed by atoms with Crippen LogP contribution in [0.2, 0.25) is 15.1 Å². The van der Waals surface area contributed by atoms with Crippen molar-refractivity contribution in [1.82, 2.24) is 10.2 Å². The molecule has 0 aromatic heterocycles. The number of carbonyl (C=O) groups excluding carboxylic acids is 2. The number of amides is 2. The van der Waals surface area contributed by atoms with Gasteiger partial charge in [-0.15, -0.1) is 0 Å². The Morgan fingerprint density at radius 3 is 1.98 bits per heavy atom. The second-order valence-electron chi connectivity index (χ2n) is 9.92. The molecule has 1 N–H and O–H groups in total. The van der Waals surface area contributed by atoms with Crippen LogP contribution in [0.5, 0.6) is 0 Å². The zero-order valence-corrected chi connectivity index (χ0v) is 26.6. The Balaban J connectivity index is 1.80. The monoisotopic (exact) mass is 657 g/mol. The second-order valence-corrected chi connectivity index (χ2v) is 13.1. The summed E-state index contributed by atoms with van der Waals surface area (Å²) in [5.74, 6) is -1.00. The molecule has 7 nitrogen and oxygen atoms in total. The van der Waals surface area contributed by atoms with E-state index in [1.165, 1.54) is 42.3 Å². The summed E-state index contributed by atoms with van der Waals surface area (Å²) in [6, 6.07) is 25.8. The molecule has 2 amide bonds. The minimum atomic E-state index is -4.27. The Kier molecular flexibility index (Phi) is 10.7. The summed E-state index contributed by atoms with van der Waals surface area (Å²) in [4.78, 5) is 29.0. The molecule has 4 aromatic carbocycles. The van der Waals surface area contributed by atoms with E-state index < -0.39 is 34.4 Å². The predicted octanol–water partition coefficient (Wildman–Crippen LogP) is 6.54. The average molecular weight is 659 g/mol. The lowest BCUT2D eigenvalue weighted by atomic mass is 10.0. The lowest BCUT2D eigenvalue weighted by molar-refractivity contribution is -0.139. The van der Waals surface area contributed by atoms with Crippen LogP contribution in [0, 0.1) is 6.92 Å². The fourth-order valence-corrected chi connectivity index (χ4v) is 6.59. The molecule has 11 heteroatoms. The molecule has 0 saturated carbocycles. The fraction of sp³-hybridized carbons (Fsp3) is 0.188. The number of sulfonamides is 1. The normalized spacial score (nSPS) is 11.9. The summed E-state index contributed by atoms with van der Waals surface area (Å²) >= 11 is 18.6. The highest BCUT2D eigenvalue weighted by Crippen LogP contribution is 2.30. The van der Waals surface area contributed by atoms with E-state index in [9.17, 15) is 18.0 Å². The Hall–Kier alpha value is -3.56. The maximum absolute atomic E-state index is 14.3. The predicted molar refractivity (Wildman–Crippen MR) is 172 cm³/mol. The van der Waals surface area contributed by atoms with Gasteiger partial charge in [0.05, 0.1) is 10.6 Å². The van der Waals surface area contributed by atoms with Crippen LogP contribution in [-0.4, -0.2) is 44.8 Å². The third kappa shape index (κ3) is 8.30. The number of hydrogen-bond acceptors (Lipinski definition) is 4. The summed E-state index contributed by atoms with van der Waals surface area (Å²) in [6.07, 6.45) is 0.202. The lowest BCUT2D eigenvalue weighted by Gasteiger charge is -2.33. The number of carbonyl (C=O) groups is 2. The number of benzene rings is 4. The van der Waals surface area contributed by atoms with Crippen molar-refractivity contribution >= 4 is 62.3 Å². The minimum absolute atomic E-state index is 0.0154. The van der Waals surface area contributed by atoms with Crippen LogP contribution in [0.25, 0.3) is 0 Å². The molecule has 0 aliphatic heterocycles. The van der Waals surface area contributed by atoms with E-state index in [2.05, 4.69) is 5.32 Å².